The van der Waals surface area contributed by atoms with Crippen molar-refractivity contribution in [1.29, 1.82) is 0 Å². The van der Waals surface area contributed by atoms with E-state index in [1.54, 1.807) is 6.20 Å². The molecule has 0 spiro atoms. The van der Waals surface area contributed by atoms with Crippen LogP contribution in [-0.2, 0) is 23.3 Å². The zero-order valence-electron chi connectivity index (χ0n) is 25.7. The fraction of sp³-hybridized carbons (Fsp3) is 0.485. The molecule has 5 rings (SSSR count). The van der Waals surface area contributed by atoms with Gasteiger partial charge < -0.3 is 20.4 Å². The van der Waals surface area contributed by atoms with E-state index in [9.17, 15) is 4.79 Å². The zero-order chi connectivity index (χ0) is 29.7. The van der Waals surface area contributed by atoms with Crippen molar-refractivity contribution in [3.05, 3.63) is 89.2 Å². The molecule has 0 saturated carbocycles. The van der Waals surface area contributed by atoms with Crippen LogP contribution in [-0.4, -0.2) is 109 Å². The summed E-state index contributed by atoms with van der Waals surface area (Å²) in [4.78, 5) is 32.1. The van der Waals surface area contributed by atoms with Gasteiger partial charge in [0.15, 0.2) is 0 Å². The summed E-state index contributed by atoms with van der Waals surface area (Å²) in [6.07, 6.45) is 12.7. The van der Waals surface area contributed by atoms with Gasteiger partial charge in [-0.15, -0.1) is 0 Å². The quantitative estimate of drug-likeness (QED) is 0.446. The molecule has 2 saturated heterocycles. The summed E-state index contributed by atoms with van der Waals surface area (Å²) < 4.78 is 0. The van der Waals surface area contributed by atoms with Crippen LogP contribution in [0.2, 0.25) is 0 Å². The first-order valence-electron chi connectivity index (χ1n) is 15.0. The monoisotopic (exact) mass is 570 g/mol. The van der Waals surface area contributed by atoms with Crippen molar-refractivity contribution in [2.24, 2.45) is 0 Å². The number of nitrogens with one attached hydrogen (secondary N) is 2. The fourth-order valence-corrected chi connectivity index (χ4v) is 5.95. The van der Waals surface area contributed by atoms with Crippen LogP contribution >= 0.6 is 0 Å². The molecule has 1 amide bonds. The van der Waals surface area contributed by atoms with Gasteiger partial charge in [0.05, 0.1) is 11.9 Å². The lowest BCUT2D eigenvalue weighted by molar-refractivity contribution is -0.112. The Morgan fingerprint density at radius 1 is 0.881 bits per heavy atom. The number of hydrogen-bond acceptors (Lipinski definition) is 8. The predicted molar refractivity (Wildman–Crippen MR) is 169 cm³/mol. The highest BCUT2D eigenvalue weighted by Gasteiger charge is 2.31. The molecule has 2 aromatic heterocycles. The summed E-state index contributed by atoms with van der Waals surface area (Å²) in [7, 11) is 6.22. The lowest BCUT2D eigenvalue weighted by atomic mass is 9.74. The molecule has 2 N–H and O–H groups in total. The van der Waals surface area contributed by atoms with Crippen LogP contribution in [0.4, 0.5) is 5.69 Å². The molecule has 2 fully saturated rings. The summed E-state index contributed by atoms with van der Waals surface area (Å²) in [6, 6.07) is 4.29. The first-order valence-corrected chi connectivity index (χ1v) is 15.0. The number of anilines is 1. The summed E-state index contributed by atoms with van der Waals surface area (Å²) in [5.74, 6) is -0.230. The number of rotatable bonds is 9. The first kappa shape index (κ1) is 30.1. The maximum Gasteiger partial charge on any atom is 0.255 e. The minimum Gasteiger partial charge on any atom is -0.388 e. The molecule has 0 radical (unpaired) electrons. The van der Waals surface area contributed by atoms with Crippen LogP contribution in [0.1, 0.15) is 30.0 Å². The third kappa shape index (κ3) is 7.33. The van der Waals surface area contributed by atoms with Gasteiger partial charge in [-0.2, -0.15) is 0 Å². The van der Waals surface area contributed by atoms with E-state index in [0.29, 0.717) is 11.3 Å². The molecule has 2 aromatic rings. The molecule has 42 heavy (non-hydrogen) atoms. The van der Waals surface area contributed by atoms with Crippen LogP contribution in [0, 0.1) is 0 Å². The number of carbonyl (C=O) groups is 1. The molecule has 1 aliphatic carbocycles. The van der Waals surface area contributed by atoms with Crippen LogP contribution in [0.5, 0.6) is 0 Å². The molecule has 9 heteroatoms. The smallest absolute Gasteiger partial charge is 0.255 e. The topological polar surface area (TPSA) is 79.9 Å². The van der Waals surface area contributed by atoms with E-state index in [1.807, 2.05) is 31.7 Å². The van der Waals surface area contributed by atoms with Crippen molar-refractivity contribution in [2.75, 3.05) is 78.8 Å². The molecular weight excluding hydrogens is 524 g/mol. The summed E-state index contributed by atoms with van der Waals surface area (Å²) >= 11 is 0. The van der Waals surface area contributed by atoms with Crippen molar-refractivity contribution >= 4 is 11.6 Å². The normalized spacial score (nSPS) is 22.8. The van der Waals surface area contributed by atoms with Crippen LogP contribution < -0.4 is 10.6 Å². The maximum absolute atomic E-state index is 13.5. The number of amides is 1. The van der Waals surface area contributed by atoms with E-state index in [2.05, 4.69) is 86.0 Å². The summed E-state index contributed by atoms with van der Waals surface area (Å²) in [6.45, 7) is 16.7. The third-order valence-corrected chi connectivity index (χ3v) is 8.86. The van der Waals surface area contributed by atoms with Crippen molar-refractivity contribution in [3.63, 3.8) is 0 Å². The Kier molecular flexibility index (Phi) is 9.53. The molecule has 224 valence electrons. The average Bonchev–Trinajstić information content (AvgIpc) is 2.99. The lowest BCUT2D eigenvalue weighted by Crippen LogP contribution is -2.43. The number of hydrogen-bond donors (Lipinski definition) is 2. The third-order valence-electron chi connectivity index (χ3n) is 8.86. The number of likely N-dealkylation sites (N-methyl/N-ethyl adjacent to an activating group) is 3. The Morgan fingerprint density at radius 3 is 2.05 bits per heavy atom. The minimum atomic E-state index is -0.311. The molecule has 1 atom stereocenters. The Balaban J connectivity index is 1.28. The summed E-state index contributed by atoms with van der Waals surface area (Å²) in [5.41, 5.74) is 5.98. The molecule has 0 bridgehead atoms. The molecule has 2 aliphatic heterocycles. The first-order chi connectivity index (χ1) is 20.2. The maximum atomic E-state index is 13.5. The van der Waals surface area contributed by atoms with Gasteiger partial charge in [-0.1, -0.05) is 31.7 Å². The number of allylic oxidation sites excluding steroid dienone is 3. The van der Waals surface area contributed by atoms with Crippen molar-refractivity contribution in [3.8, 4) is 0 Å². The Hall–Kier alpha value is -3.37. The van der Waals surface area contributed by atoms with Crippen molar-refractivity contribution in [1.82, 2.24) is 34.9 Å². The fourth-order valence-electron chi connectivity index (χ4n) is 5.95. The number of piperazine rings is 2. The van der Waals surface area contributed by atoms with Crippen molar-refractivity contribution in [2.45, 2.75) is 31.8 Å². The van der Waals surface area contributed by atoms with Gasteiger partial charge in [0.1, 0.15) is 0 Å². The second-order valence-corrected chi connectivity index (χ2v) is 12.3. The largest absolute Gasteiger partial charge is 0.388 e. The highest BCUT2D eigenvalue weighted by molar-refractivity contribution is 6.07. The molecular formula is C33H46N8O. The average molecular weight is 571 g/mol. The minimum absolute atomic E-state index is 0.230. The van der Waals surface area contributed by atoms with E-state index < -0.39 is 0 Å². The zero-order valence-corrected chi connectivity index (χ0v) is 25.7. The second-order valence-electron chi connectivity index (χ2n) is 12.3. The number of nitrogens with zero attached hydrogens (tertiary/aromatic N) is 6. The van der Waals surface area contributed by atoms with Gasteiger partial charge in [-0.05, 0) is 43.3 Å². The predicted octanol–water partition coefficient (Wildman–Crippen LogP) is 2.86. The van der Waals surface area contributed by atoms with Crippen molar-refractivity contribution < 1.29 is 4.79 Å². The van der Waals surface area contributed by atoms with Gasteiger partial charge in [0, 0.05) is 113 Å². The number of carbonyl (C=O) groups excluding carboxylic acids is 1. The molecule has 4 heterocycles. The molecule has 9 nitrogen and oxygen atoms in total. The Labute approximate surface area is 251 Å². The van der Waals surface area contributed by atoms with Gasteiger partial charge >= 0.3 is 0 Å². The van der Waals surface area contributed by atoms with E-state index >= 15 is 0 Å². The highest BCUT2D eigenvalue weighted by Crippen LogP contribution is 2.38. The lowest BCUT2D eigenvalue weighted by Gasteiger charge is -2.34. The van der Waals surface area contributed by atoms with E-state index in [1.165, 1.54) is 5.56 Å². The van der Waals surface area contributed by atoms with Crippen LogP contribution in [0.3, 0.4) is 0 Å². The Morgan fingerprint density at radius 2 is 1.45 bits per heavy atom. The van der Waals surface area contributed by atoms with Gasteiger partial charge in [-0.3, -0.25) is 24.6 Å². The molecule has 3 aliphatic rings. The van der Waals surface area contributed by atoms with Gasteiger partial charge in [0.25, 0.3) is 5.91 Å². The van der Waals surface area contributed by atoms with Gasteiger partial charge in [-0.25, -0.2) is 0 Å². The molecule has 0 aromatic carbocycles. The SMILES string of the molecule is C=C(C(=O)Nc1cncc(CN2CCN(C)CC2)c1)C1=CC(C)(c2cncc(CN3CCN(C)CC3)c2)CC=C1NC. The Bertz CT molecular complexity index is 1340. The summed E-state index contributed by atoms with van der Waals surface area (Å²) in [5, 5.41) is 6.32. The van der Waals surface area contributed by atoms with Crippen LogP contribution in [0.25, 0.3) is 0 Å². The number of aromatic nitrogens is 2. The van der Waals surface area contributed by atoms with E-state index in [0.717, 1.165) is 94.3 Å². The molecule has 1 unspecified atom stereocenters. The van der Waals surface area contributed by atoms with Crippen LogP contribution in [0.15, 0.2) is 72.5 Å². The standard InChI is InChI=1S/C33H46N8O/c1-25(32(42)37-29-17-27(20-36-22-29)24-41-14-10-39(5)11-15-41)30-18-33(2,7-6-31(30)34-3)28-16-26(19-35-21-28)23-40-12-8-38(4)9-13-40/h6,16-22,34H,1,7-15,23-24H2,2-5H3,(H,37,42). The number of pyridine rings is 2. The van der Waals surface area contributed by atoms with E-state index in [-0.39, 0.29) is 11.3 Å². The van der Waals surface area contributed by atoms with Gasteiger partial charge in [0.2, 0.25) is 0 Å². The highest BCUT2D eigenvalue weighted by atomic mass is 16.1. The second kappa shape index (κ2) is 13.3. The van der Waals surface area contributed by atoms with E-state index in [4.69, 9.17) is 0 Å².